The normalized spacial score (nSPS) is 11.0. The zero-order chi connectivity index (χ0) is 18.5. The molecule has 3 rings (SSSR count). The quantitative estimate of drug-likeness (QED) is 0.716. The number of nitrogens with one attached hydrogen (secondary N) is 2. The van der Waals surface area contributed by atoms with E-state index in [9.17, 15) is 9.59 Å². The molecule has 3 aromatic rings. The Morgan fingerprint density at radius 1 is 1.12 bits per heavy atom. The van der Waals surface area contributed by atoms with Crippen LogP contribution in [0.15, 0.2) is 53.3 Å². The Morgan fingerprint density at radius 3 is 2.65 bits per heavy atom. The van der Waals surface area contributed by atoms with Crippen LogP contribution in [0.25, 0.3) is 22.0 Å². The van der Waals surface area contributed by atoms with Gasteiger partial charge in [-0.05, 0) is 45.3 Å². The summed E-state index contributed by atoms with van der Waals surface area (Å²) in [6.45, 7) is 0.876. The molecule has 26 heavy (non-hydrogen) atoms. The molecular weight excluding hydrogens is 328 g/mol. The number of benzene rings is 2. The highest BCUT2D eigenvalue weighted by molar-refractivity contribution is 5.95. The van der Waals surface area contributed by atoms with Gasteiger partial charge in [-0.1, -0.05) is 30.3 Å². The van der Waals surface area contributed by atoms with Gasteiger partial charge in [0.05, 0.1) is 11.1 Å². The van der Waals surface area contributed by atoms with Crippen LogP contribution in [-0.2, 0) is 4.79 Å². The van der Waals surface area contributed by atoms with Crippen molar-refractivity contribution in [3.8, 4) is 11.3 Å². The van der Waals surface area contributed by atoms with Gasteiger partial charge in [-0.25, -0.2) is 5.10 Å². The number of hydrogen-bond donors (Lipinski definition) is 2. The van der Waals surface area contributed by atoms with E-state index in [-0.39, 0.29) is 11.5 Å². The second kappa shape index (κ2) is 7.93. The molecule has 0 saturated carbocycles. The van der Waals surface area contributed by atoms with Crippen molar-refractivity contribution < 1.29 is 4.79 Å². The van der Waals surface area contributed by atoms with Crippen molar-refractivity contribution in [3.05, 3.63) is 58.9 Å². The van der Waals surface area contributed by atoms with Gasteiger partial charge in [0.1, 0.15) is 0 Å². The van der Waals surface area contributed by atoms with Gasteiger partial charge in [0.2, 0.25) is 5.91 Å². The number of fused-ring (bicyclic) bond motifs is 1. The summed E-state index contributed by atoms with van der Waals surface area (Å²) >= 11 is 0. The van der Waals surface area contributed by atoms with Crippen molar-refractivity contribution in [2.75, 3.05) is 26.0 Å². The van der Waals surface area contributed by atoms with Gasteiger partial charge in [-0.2, -0.15) is 5.10 Å². The first-order valence-corrected chi connectivity index (χ1v) is 8.57. The lowest BCUT2D eigenvalue weighted by molar-refractivity contribution is -0.116. The second-order valence-corrected chi connectivity index (χ2v) is 6.48. The van der Waals surface area contributed by atoms with E-state index in [0.29, 0.717) is 17.5 Å². The SMILES string of the molecule is CN(C)CCCC(=O)Nc1cccc(-c2n[nH]c(=O)c3ccccc23)c1. The number of carbonyl (C=O) groups excluding carboxylic acids is 1. The fourth-order valence-electron chi connectivity index (χ4n) is 2.86. The number of hydrogen-bond acceptors (Lipinski definition) is 4. The van der Waals surface area contributed by atoms with Crippen LogP contribution in [-0.4, -0.2) is 41.6 Å². The molecule has 1 amide bonds. The predicted octanol–water partition coefficient (Wildman–Crippen LogP) is 2.87. The molecule has 134 valence electrons. The minimum absolute atomic E-state index is 0.0108. The van der Waals surface area contributed by atoms with Gasteiger partial charge in [-0.3, -0.25) is 9.59 Å². The molecular formula is C20H22N4O2. The van der Waals surface area contributed by atoms with E-state index < -0.39 is 0 Å². The third-order valence-electron chi connectivity index (χ3n) is 4.12. The van der Waals surface area contributed by atoms with Crippen molar-refractivity contribution >= 4 is 22.4 Å². The zero-order valence-corrected chi connectivity index (χ0v) is 15.0. The van der Waals surface area contributed by atoms with Gasteiger partial charge < -0.3 is 10.2 Å². The van der Waals surface area contributed by atoms with E-state index >= 15 is 0 Å². The fraction of sp³-hybridized carbons (Fsp3) is 0.250. The molecule has 1 heterocycles. The fourth-order valence-corrected chi connectivity index (χ4v) is 2.86. The summed E-state index contributed by atoms with van der Waals surface area (Å²) in [6.07, 6.45) is 1.28. The summed E-state index contributed by atoms with van der Waals surface area (Å²) in [5, 5.41) is 11.1. The Kier molecular flexibility index (Phi) is 5.43. The Labute approximate surface area is 151 Å². The number of amides is 1. The van der Waals surface area contributed by atoms with Crippen LogP contribution in [0.5, 0.6) is 0 Å². The smallest absolute Gasteiger partial charge is 0.272 e. The van der Waals surface area contributed by atoms with Crippen LogP contribution >= 0.6 is 0 Å². The standard InChI is InChI=1S/C20H22N4O2/c1-24(2)12-6-11-18(25)21-15-8-5-7-14(13-15)19-16-9-3-4-10-17(16)20(26)23-22-19/h3-5,7-10,13H,6,11-12H2,1-2H3,(H,21,25)(H,23,26). The number of aromatic amines is 1. The lowest BCUT2D eigenvalue weighted by atomic mass is 10.0. The number of H-pyrrole nitrogens is 1. The lowest BCUT2D eigenvalue weighted by Crippen LogP contribution is -2.17. The van der Waals surface area contributed by atoms with E-state index in [1.165, 1.54) is 0 Å². The summed E-state index contributed by atoms with van der Waals surface area (Å²) in [5.74, 6) is -0.0108. The van der Waals surface area contributed by atoms with Crippen LogP contribution in [0.1, 0.15) is 12.8 Å². The van der Waals surface area contributed by atoms with Gasteiger partial charge >= 0.3 is 0 Å². The van der Waals surface area contributed by atoms with Crippen LogP contribution < -0.4 is 10.9 Å². The number of carbonyl (C=O) groups is 1. The number of anilines is 1. The molecule has 2 aromatic carbocycles. The first-order valence-electron chi connectivity index (χ1n) is 8.57. The van der Waals surface area contributed by atoms with E-state index in [0.717, 1.165) is 29.6 Å². The highest BCUT2D eigenvalue weighted by Gasteiger charge is 2.10. The molecule has 0 radical (unpaired) electrons. The van der Waals surface area contributed by atoms with E-state index in [1.807, 2.05) is 56.6 Å². The molecule has 0 aliphatic carbocycles. The van der Waals surface area contributed by atoms with Crippen LogP contribution in [0.2, 0.25) is 0 Å². The van der Waals surface area contributed by atoms with Crippen molar-refractivity contribution in [2.45, 2.75) is 12.8 Å². The highest BCUT2D eigenvalue weighted by atomic mass is 16.1. The number of aromatic nitrogens is 2. The molecule has 0 unspecified atom stereocenters. The molecule has 0 saturated heterocycles. The third-order valence-corrected chi connectivity index (χ3v) is 4.12. The van der Waals surface area contributed by atoms with Gasteiger partial charge in [0.15, 0.2) is 0 Å². The Hall–Kier alpha value is -2.99. The first-order chi connectivity index (χ1) is 12.5. The van der Waals surface area contributed by atoms with E-state index in [4.69, 9.17) is 0 Å². The first kappa shape index (κ1) is 17.8. The van der Waals surface area contributed by atoms with Crippen molar-refractivity contribution in [1.29, 1.82) is 0 Å². The van der Waals surface area contributed by atoms with Crippen molar-refractivity contribution in [3.63, 3.8) is 0 Å². The van der Waals surface area contributed by atoms with Crippen LogP contribution in [0, 0.1) is 0 Å². The van der Waals surface area contributed by atoms with E-state index in [2.05, 4.69) is 20.4 Å². The molecule has 0 fully saturated rings. The molecule has 6 heteroatoms. The third kappa shape index (κ3) is 4.15. The highest BCUT2D eigenvalue weighted by Crippen LogP contribution is 2.26. The predicted molar refractivity (Wildman–Crippen MR) is 104 cm³/mol. The zero-order valence-electron chi connectivity index (χ0n) is 15.0. The maximum atomic E-state index is 12.1. The van der Waals surface area contributed by atoms with Gasteiger partial charge in [-0.15, -0.1) is 0 Å². The summed E-state index contributed by atoms with van der Waals surface area (Å²) in [4.78, 5) is 26.1. The summed E-state index contributed by atoms with van der Waals surface area (Å²) in [6, 6.07) is 14.9. The average molecular weight is 350 g/mol. The minimum Gasteiger partial charge on any atom is -0.326 e. The van der Waals surface area contributed by atoms with E-state index in [1.54, 1.807) is 6.07 Å². The molecule has 6 nitrogen and oxygen atoms in total. The topological polar surface area (TPSA) is 78.1 Å². The summed E-state index contributed by atoms with van der Waals surface area (Å²) in [5.41, 5.74) is 2.02. The molecule has 2 N–H and O–H groups in total. The largest absolute Gasteiger partial charge is 0.326 e. The molecule has 0 spiro atoms. The Morgan fingerprint density at radius 2 is 1.88 bits per heavy atom. The monoisotopic (exact) mass is 350 g/mol. The average Bonchev–Trinajstić information content (AvgIpc) is 2.62. The lowest BCUT2D eigenvalue weighted by Gasteiger charge is -2.10. The van der Waals surface area contributed by atoms with Crippen LogP contribution in [0.4, 0.5) is 5.69 Å². The van der Waals surface area contributed by atoms with Gasteiger partial charge in [0, 0.05) is 23.1 Å². The second-order valence-electron chi connectivity index (χ2n) is 6.48. The molecule has 0 atom stereocenters. The van der Waals surface area contributed by atoms with Gasteiger partial charge in [0.25, 0.3) is 5.56 Å². The Bertz CT molecular complexity index is 979. The number of rotatable bonds is 6. The van der Waals surface area contributed by atoms with Crippen LogP contribution in [0.3, 0.4) is 0 Å². The maximum absolute atomic E-state index is 12.1. The van der Waals surface area contributed by atoms with Crippen molar-refractivity contribution in [2.24, 2.45) is 0 Å². The summed E-state index contributed by atoms with van der Waals surface area (Å²) < 4.78 is 0. The molecule has 0 bridgehead atoms. The minimum atomic E-state index is -0.213. The molecule has 0 aliphatic heterocycles. The van der Waals surface area contributed by atoms with Crippen molar-refractivity contribution in [1.82, 2.24) is 15.1 Å². The maximum Gasteiger partial charge on any atom is 0.272 e. The molecule has 1 aromatic heterocycles. The summed E-state index contributed by atoms with van der Waals surface area (Å²) in [7, 11) is 3.98. The molecule has 0 aliphatic rings. The Balaban J connectivity index is 1.83. The number of nitrogens with zero attached hydrogens (tertiary/aromatic N) is 2.